The van der Waals surface area contributed by atoms with Crippen molar-refractivity contribution in [3.05, 3.63) is 0 Å². The average Bonchev–Trinajstić information content (AvgIpc) is 1.66. The first-order valence-electron chi connectivity index (χ1n) is 1.83. The van der Waals surface area contributed by atoms with E-state index in [4.69, 9.17) is 5.26 Å². The van der Waals surface area contributed by atoms with Crippen molar-refractivity contribution in [2.45, 2.75) is 0 Å². The van der Waals surface area contributed by atoms with Gasteiger partial charge >= 0.3 is 54.5 Å². The van der Waals surface area contributed by atoms with Gasteiger partial charge in [-0.25, -0.2) is 0 Å². The van der Waals surface area contributed by atoms with E-state index in [-0.39, 0.29) is 0 Å². The Hall–Kier alpha value is 0.570. The van der Waals surface area contributed by atoms with Gasteiger partial charge in [0, 0.05) is 0 Å². The van der Waals surface area contributed by atoms with E-state index in [1.165, 1.54) is 0 Å². The van der Waals surface area contributed by atoms with E-state index in [9.17, 15) is 0 Å². The number of rotatable bonds is 4. The van der Waals surface area contributed by atoms with Crippen LogP contribution in [0, 0.1) is 0 Å². The van der Waals surface area contributed by atoms with Gasteiger partial charge in [-0.1, -0.05) is 0 Å². The van der Waals surface area contributed by atoms with Crippen molar-refractivity contribution in [3.8, 4) is 0 Å². The minimum absolute atomic E-state index is 0.560. The number of hydrogen-bond acceptors (Lipinski definition) is 4. The van der Waals surface area contributed by atoms with Crippen LogP contribution in [0.1, 0.15) is 0 Å². The van der Waals surface area contributed by atoms with Crippen molar-refractivity contribution >= 4 is 19.8 Å². The molecule has 0 aromatic rings. The van der Waals surface area contributed by atoms with Crippen LogP contribution < -0.4 is 0 Å². The molecule has 0 atom stereocenters. The normalized spacial score (nSPS) is 11.6. The number of alkyl halides is 3. The second-order valence-corrected chi connectivity index (χ2v) is 7.11. The van der Waals surface area contributed by atoms with Crippen LogP contribution in [0.4, 0.5) is 0 Å². The monoisotopic (exact) mass is 236 g/mol. The van der Waals surface area contributed by atoms with Crippen molar-refractivity contribution in [2.75, 3.05) is 14.5 Å². The summed E-state index contributed by atoms with van der Waals surface area (Å²) in [7, 11) is 0. The summed E-state index contributed by atoms with van der Waals surface area (Å²) in [5, 5.41) is 14.5. The molecule has 0 rings (SSSR count). The van der Waals surface area contributed by atoms with E-state index in [2.05, 4.69) is 24.8 Å². The Kier molecular flexibility index (Phi) is 6.11. The van der Waals surface area contributed by atoms with Crippen LogP contribution in [0.3, 0.4) is 0 Å². The third-order valence-corrected chi connectivity index (χ3v) is 1.84. The Bertz CT molecular complexity index is 48.5. The van der Waals surface area contributed by atoms with Crippen molar-refractivity contribution in [1.29, 1.82) is 0 Å². The van der Waals surface area contributed by atoms with Crippen LogP contribution >= 0.6 is 19.8 Å². The molecule has 0 spiro atoms. The maximum absolute atomic E-state index is 7.55. The van der Waals surface area contributed by atoms with Gasteiger partial charge < -0.3 is 0 Å². The first-order valence-corrected chi connectivity index (χ1v) is 7.67. The third-order valence-electron chi connectivity index (χ3n) is 0.341. The van der Waals surface area contributed by atoms with E-state index in [0.29, 0.717) is 4.61 Å². The molecule has 0 unspecified atom stereocenters. The molecule has 0 aliphatic carbocycles. The summed E-state index contributed by atoms with van der Waals surface area (Å²) < 4.78 is 0.560. The third kappa shape index (κ3) is 6.57. The molecule has 0 amide bonds. The second kappa shape index (κ2) is 5.70. The van der Waals surface area contributed by atoms with E-state index < -0.39 is 19.8 Å². The number of halogens is 1. The molecule has 0 bridgehead atoms. The topological polar surface area (TPSA) is 47.9 Å². The summed E-state index contributed by atoms with van der Waals surface area (Å²) in [4.78, 5) is 8.55. The Labute approximate surface area is 54.9 Å². The van der Waals surface area contributed by atoms with Gasteiger partial charge in [0.15, 0.2) is 0 Å². The SMILES string of the molecule is CI(C)COOOO. The van der Waals surface area contributed by atoms with Gasteiger partial charge in [0.1, 0.15) is 0 Å². The Morgan fingerprint density at radius 3 is 2.50 bits per heavy atom. The molecule has 5 heteroatoms. The van der Waals surface area contributed by atoms with E-state index in [0.717, 1.165) is 0 Å². The molecule has 0 saturated heterocycles. The molecular formula is C3H9IO4. The second-order valence-electron chi connectivity index (χ2n) is 1.28. The van der Waals surface area contributed by atoms with E-state index in [1.807, 2.05) is 0 Å². The van der Waals surface area contributed by atoms with Gasteiger partial charge in [-0.15, -0.1) is 0 Å². The molecule has 52 valence electrons. The summed E-state index contributed by atoms with van der Waals surface area (Å²) in [5.74, 6) is 0. The van der Waals surface area contributed by atoms with Gasteiger partial charge in [0.25, 0.3) is 0 Å². The van der Waals surface area contributed by atoms with Crippen LogP contribution in [0.5, 0.6) is 0 Å². The van der Waals surface area contributed by atoms with Gasteiger partial charge in [-0.2, -0.15) is 0 Å². The molecule has 0 aliphatic rings. The molecular weight excluding hydrogens is 227 g/mol. The quantitative estimate of drug-likeness (QED) is 0.260. The van der Waals surface area contributed by atoms with Crippen LogP contribution in [0.25, 0.3) is 0 Å². The maximum atomic E-state index is 7.55. The van der Waals surface area contributed by atoms with E-state index >= 15 is 0 Å². The first kappa shape index (κ1) is 8.57. The predicted molar refractivity (Wildman–Crippen MR) is 36.6 cm³/mol. The van der Waals surface area contributed by atoms with Crippen molar-refractivity contribution in [2.24, 2.45) is 0 Å². The molecule has 0 aromatic heterocycles. The van der Waals surface area contributed by atoms with Crippen LogP contribution in [-0.4, -0.2) is 19.7 Å². The Balaban J connectivity index is 2.72. The first-order chi connectivity index (χ1) is 3.77. The molecule has 4 nitrogen and oxygen atoms in total. The Morgan fingerprint density at radius 2 is 2.12 bits per heavy atom. The average molecular weight is 236 g/mol. The molecule has 0 fully saturated rings. The van der Waals surface area contributed by atoms with Crippen molar-refractivity contribution < 1.29 is 20.2 Å². The standard InChI is InChI=1S/C3H9IO4/c1-4(2)3-6-8-7-5/h5H,3H2,1-2H3. The summed E-state index contributed by atoms with van der Waals surface area (Å²) in [6, 6.07) is 0. The molecule has 0 radical (unpaired) electrons. The zero-order valence-electron chi connectivity index (χ0n) is 4.76. The molecule has 0 heterocycles. The van der Waals surface area contributed by atoms with Gasteiger partial charge in [0.2, 0.25) is 0 Å². The number of hydrogen-bond donors (Lipinski definition) is 1. The van der Waals surface area contributed by atoms with Gasteiger partial charge in [0.05, 0.1) is 0 Å². The zero-order chi connectivity index (χ0) is 6.41. The summed E-state index contributed by atoms with van der Waals surface area (Å²) in [5.41, 5.74) is 0. The van der Waals surface area contributed by atoms with E-state index in [1.54, 1.807) is 0 Å². The summed E-state index contributed by atoms with van der Waals surface area (Å²) >= 11 is -0.882. The molecule has 0 saturated carbocycles. The fourth-order valence-corrected chi connectivity index (χ4v) is 0.741. The molecule has 0 aromatic carbocycles. The van der Waals surface area contributed by atoms with Gasteiger partial charge in [-0.05, 0) is 0 Å². The van der Waals surface area contributed by atoms with Crippen LogP contribution in [0.15, 0.2) is 0 Å². The predicted octanol–water partition coefficient (Wildman–Crippen LogP) is 1.06. The Morgan fingerprint density at radius 1 is 1.50 bits per heavy atom. The molecule has 0 aliphatic heterocycles. The van der Waals surface area contributed by atoms with Gasteiger partial charge in [-0.3, -0.25) is 0 Å². The summed E-state index contributed by atoms with van der Waals surface area (Å²) in [6.45, 7) is 0. The molecule has 8 heavy (non-hydrogen) atoms. The van der Waals surface area contributed by atoms with Crippen molar-refractivity contribution in [1.82, 2.24) is 0 Å². The van der Waals surface area contributed by atoms with Crippen LogP contribution in [0.2, 0.25) is 0 Å². The fraction of sp³-hybridized carbons (Fsp3) is 1.00. The summed E-state index contributed by atoms with van der Waals surface area (Å²) in [6.07, 6.45) is 0. The zero-order valence-corrected chi connectivity index (χ0v) is 6.91. The van der Waals surface area contributed by atoms with Crippen molar-refractivity contribution in [3.63, 3.8) is 0 Å². The minimum atomic E-state index is -0.882. The van der Waals surface area contributed by atoms with Crippen LogP contribution in [-0.2, 0) is 15.0 Å². The molecule has 1 N–H and O–H groups in total. The fourth-order valence-electron chi connectivity index (χ4n) is 0.129.